The molecule has 1 aromatic heterocycles. The molecule has 0 amide bonds. The van der Waals surface area contributed by atoms with Gasteiger partial charge in [0, 0.05) is 24.1 Å². The number of nitrogens with zero attached hydrogens (tertiary/aromatic N) is 3. The van der Waals surface area contributed by atoms with Gasteiger partial charge >= 0.3 is 0 Å². The molecule has 6 heteroatoms. The molecule has 3 aromatic rings. The van der Waals surface area contributed by atoms with Crippen LogP contribution in [0.25, 0.3) is 0 Å². The van der Waals surface area contributed by atoms with Gasteiger partial charge < -0.3 is 10.6 Å². The molecule has 0 spiro atoms. The molecule has 25 heavy (non-hydrogen) atoms. The van der Waals surface area contributed by atoms with Crippen molar-refractivity contribution in [3.63, 3.8) is 0 Å². The summed E-state index contributed by atoms with van der Waals surface area (Å²) in [6.07, 6.45) is 0.987. The van der Waals surface area contributed by atoms with E-state index in [1.165, 1.54) is 35.0 Å². The first-order valence-electron chi connectivity index (χ1n) is 8.07. The maximum Gasteiger partial charge on any atom is 0.223 e. The van der Waals surface area contributed by atoms with Crippen LogP contribution in [-0.2, 0) is 13.0 Å². The van der Waals surface area contributed by atoms with Crippen molar-refractivity contribution in [1.82, 2.24) is 9.97 Å². The summed E-state index contributed by atoms with van der Waals surface area (Å²) in [6, 6.07) is 16.8. The monoisotopic (exact) mass is 352 g/mol. The van der Waals surface area contributed by atoms with Crippen molar-refractivity contribution < 1.29 is 4.39 Å². The third kappa shape index (κ3) is 3.58. The second-order valence-corrected chi connectivity index (χ2v) is 7.01. The third-order valence-electron chi connectivity index (χ3n) is 4.20. The predicted molar refractivity (Wildman–Crippen MR) is 98.2 cm³/mol. The lowest BCUT2D eigenvalue weighted by atomic mass is 10.00. The Bertz CT molecular complexity index is 898. The summed E-state index contributed by atoms with van der Waals surface area (Å²) in [5.74, 6) is 0.826. The van der Waals surface area contributed by atoms with E-state index in [-0.39, 0.29) is 11.8 Å². The minimum absolute atomic E-state index is 0.251. The molecule has 1 aliphatic heterocycles. The SMILES string of the molecule is Nc1nc(Sc2ccc(F)cc2)cc(N2CCc3ccccc3C2)n1. The molecule has 4 nitrogen and oxygen atoms in total. The number of aromatic nitrogens is 2. The summed E-state index contributed by atoms with van der Waals surface area (Å²) in [5.41, 5.74) is 8.62. The Hall–Kier alpha value is -2.60. The van der Waals surface area contributed by atoms with Gasteiger partial charge in [-0.25, -0.2) is 9.37 Å². The number of halogens is 1. The Morgan fingerprint density at radius 3 is 2.56 bits per heavy atom. The normalized spacial score (nSPS) is 13.6. The van der Waals surface area contributed by atoms with Gasteiger partial charge in [0.05, 0.1) is 0 Å². The highest BCUT2D eigenvalue weighted by Gasteiger charge is 2.18. The average Bonchev–Trinajstić information content (AvgIpc) is 2.63. The van der Waals surface area contributed by atoms with Crippen molar-refractivity contribution in [1.29, 1.82) is 0 Å². The first kappa shape index (κ1) is 15.9. The van der Waals surface area contributed by atoms with Crippen LogP contribution in [0.2, 0.25) is 0 Å². The minimum atomic E-state index is -0.251. The van der Waals surface area contributed by atoms with E-state index < -0.39 is 0 Å². The topological polar surface area (TPSA) is 55.0 Å². The molecule has 2 N–H and O–H groups in total. The number of hydrogen-bond acceptors (Lipinski definition) is 5. The highest BCUT2D eigenvalue weighted by molar-refractivity contribution is 7.99. The van der Waals surface area contributed by atoms with Crippen molar-refractivity contribution in [3.05, 3.63) is 71.5 Å². The molecule has 126 valence electrons. The van der Waals surface area contributed by atoms with Gasteiger partial charge in [0.2, 0.25) is 5.95 Å². The van der Waals surface area contributed by atoms with E-state index >= 15 is 0 Å². The van der Waals surface area contributed by atoms with Crippen LogP contribution >= 0.6 is 11.8 Å². The lowest BCUT2D eigenvalue weighted by molar-refractivity contribution is 0.626. The molecule has 0 saturated heterocycles. The number of benzene rings is 2. The summed E-state index contributed by atoms with van der Waals surface area (Å²) >= 11 is 1.45. The Balaban J connectivity index is 1.59. The summed E-state index contributed by atoms with van der Waals surface area (Å²) in [4.78, 5) is 11.8. The second-order valence-electron chi connectivity index (χ2n) is 5.92. The number of rotatable bonds is 3. The Kier molecular flexibility index (Phi) is 4.28. The molecule has 0 radical (unpaired) electrons. The lowest BCUT2D eigenvalue weighted by Gasteiger charge is -2.30. The molecular weight excluding hydrogens is 335 g/mol. The summed E-state index contributed by atoms with van der Waals surface area (Å²) in [7, 11) is 0. The number of hydrogen-bond donors (Lipinski definition) is 1. The summed E-state index contributed by atoms with van der Waals surface area (Å²) < 4.78 is 13.1. The number of nitrogen functional groups attached to an aromatic ring is 1. The van der Waals surface area contributed by atoms with Gasteiger partial charge in [-0.1, -0.05) is 36.0 Å². The molecule has 0 atom stereocenters. The highest BCUT2D eigenvalue weighted by atomic mass is 32.2. The van der Waals surface area contributed by atoms with Crippen LogP contribution in [0, 0.1) is 5.82 Å². The van der Waals surface area contributed by atoms with Crippen LogP contribution < -0.4 is 10.6 Å². The summed E-state index contributed by atoms with van der Waals surface area (Å²) in [5, 5.41) is 0.757. The van der Waals surface area contributed by atoms with E-state index in [0.717, 1.165) is 35.2 Å². The molecule has 1 aliphatic rings. The number of anilines is 2. The molecular formula is C19H17FN4S. The molecule has 2 heterocycles. The van der Waals surface area contributed by atoms with Crippen LogP contribution in [0.5, 0.6) is 0 Å². The quantitative estimate of drug-likeness (QED) is 0.724. The van der Waals surface area contributed by atoms with Crippen LogP contribution in [0.4, 0.5) is 16.2 Å². The standard InChI is InChI=1S/C19H17FN4S/c20-15-5-7-16(8-6-15)25-18-11-17(22-19(21)23-18)24-10-9-13-3-1-2-4-14(13)12-24/h1-8,11H,9-10,12H2,(H2,21,22,23). The smallest absolute Gasteiger partial charge is 0.223 e. The Morgan fingerprint density at radius 1 is 1.00 bits per heavy atom. The van der Waals surface area contributed by atoms with Crippen molar-refractivity contribution in [2.24, 2.45) is 0 Å². The van der Waals surface area contributed by atoms with Gasteiger partial charge in [-0.2, -0.15) is 4.98 Å². The van der Waals surface area contributed by atoms with Crippen LogP contribution in [0.15, 0.2) is 64.5 Å². The van der Waals surface area contributed by atoms with Crippen LogP contribution in [0.1, 0.15) is 11.1 Å². The van der Waals surface area contributed by atoms with Crippen molar-refractivity contribution in [3.8, 4) is 0 Å². The lowest BCUT2D eigenvalue weighted by Crippen LogP contribution is -2.31. The fraction of sp³-hybridized carbons (Fsp3) is 0.158. The molecule has 0 bridgehead atoms. The van der Waals surface area contributed by atoms with E-state index in [4.69, 9.17) is 5.73 Å². The van der Waals surface area contributed by atoms with Crippen molar-refractivity contribution in [2.75, 3.05) is 17.2 Å². The van der Waals surface area contributed by atoms with E-state index in [2.05, 4.69) is 39.1 Å². The number of fused-ring (bicyclic) bond motifs is 1. The molecule has 0 aliphatic carbocycles. The molecule has 0 fully saturated rings. The van der Waals surface area contributed by atoms with Gasteiger partial charge in [0.1, 0.15) is 16.7 Å². The van der Waals surface area contributed by atoms with Crippen molar-refractivity contribution >= 4 is 23.5 Å². The van der Waals surface area contributed by atoms with E-state index in [1.807, 2.05) is 6.07 Å². The third-order valence-corrected chi connectivity index (χ3v) is 5.12. The minimum Gasteiger partial charge on any atom is -0.368 e. The molecule has 0 unspecified atom stereocenters. The number of nitrogens with two attached hydrogens (primary N) is 1. The van der Waals surface area contributed by atoms with Gasteiger partial charge in [0.15, 0.2) is 0 Å². The molecule has 0 saturated carbocycles. The zero-order chi connectivity index (χ0) is 17.2. The average molecular weight is 352 g/mol. The van der Waals surface area contributed by atoms with Gasteiger partial charge in [-0.3, -0.25) is 0 Å². The van der Waals surface area contributed by atoms with Gasteiger partial charge in [-0.15, -0.1) is 0 Å². The van der Waals surface area contributed by atoms with E-state index in [1.54, 1.807) is 12.1 Å². The fourth-order valence-corrected chi connectivity index (χ4v) is 3.78. The Labute approximate surface area is 149 Å². The predicted octanol–water partition coefficient (Wildman–Crippen LogP) is 3.91. The van der Waals surface area contributed by atoms with Crippen LogP contribution in [0.3, 0.4) is 0 Å². The zero-order valence-electron chi connectivity index (χ0n) is 13.5. The summed E-state index contributed by atoms with van der Waals surface area (Å²) in [6.45, 7) is 1.71. The van der Waals surface area contributed by atoms with Crippen LogP contribution in [-0.4, -0.2) is 16.5 Å². The largest absolute Gasteiger partial charge is 0.368 e. The second kappa shape index (κ2) is 6.72. The highest BCUT2D eigenvalue weighted by Crippen LogP contribution is 2.30. The van der Waals surface area contributed by atoms with Gasteiger partial charge in [-0.05, 0) is 41.8 Å². The maximum atomic E-state index is 13.1. The molecule has 2 aromatic carbocycles. The molecule has 4 rings (SSSR count). The Morgan fingerprint density at radius 2 is 1.76 bits per heavy atom. The fourth-order valence-electron chi connectivity index (χ4n) is 2.96. The zero-order valence-corrected chi connectivity index (χ0v) is 14.3. The maximum absolute atomic E-state index is 13.1. The van der Waals surface area contributed by atoms with E-state index in [9.17, 15) is 4.39 Å². The van der Waals surface area contributed by atoms with Crippen molar-refractivity contribution in [2.45, 2.75) is 22.9 Å². The first-order chi connectivity index (χ1) is 12.2. The van der Waals surface area contributed by atoms with Gasteiger partial charge in [0.25, 0.3) is 0 Å². The first-order valence-corrected chi connectivity index (χ1v) is 8.89. The van der Waals surface area contributed by atoms with E-state index in [0.29, 0.717) is 0 Å².